The largest absolute Gasteiger partial charge is 0.496 e. The lowest BCUT2D eigenvalue weighted by Gasteiger charge is -2.12. The second-order valence-corrected chi connectivity index (χ2v) is 5.25. The number of hydrogen-bond donors (Lipinski definition) is 1. The smallest absolute Gasteiger partial charge is 0.356 e. The molecule has 1 aliphatic rings. The SMILES string of the molecule is COc1ccc(F)cc1C1=C(c2cncc(C(=O)O)n2)CCC1. The van der Waals surface area contributed by atoms with Crippen LogP contribution in [0.5, 0.6) is 5.75 Å². The Kier molecular flexibility index (Phi) is 4.06. The number of nitrogens with zero attached hydrogens (tertiary/aromatic N) is 2. The van der Waals surface area contributed by atoms with Gasteiger partial charge in [0.25, 0.3) is 0 Å². The van der Waals surface area contributed by atoms with Gasteiger partial charge in [0.15, 0.2) is 5.69 Å². The van der Waals surface area contributed by atoms with Gasteiger partial charge in [0, 0.05) is 5.56 Å². The van der Waals surface area contributed by atoms with Gasteiger partial charge in [0.1, 0.15) is 11.6 Å². The van der Waals surface area contributed by atoms with E-state index in [1.807, 2.05) is 0 Å². The molecule has 0 unspecified atom stereocenters. The second-order valence-electron chi connectivity index (χ2n) is 5.25. The van der Waals surface area contributed by atoms with E-state index in [4.69, 9.17) is 9.84 Å². The molecule has 0 aliphatic heterocycles. The first-order chi connectivity index (χ1) is 11.1. The average Bonchev–Trinajstić information content (AvgIpc) is 3.04. The molecule has 23 heavy (non-hydrogen) atoms. The van der Waals surface area contributed by atoms with Crippen LogP contribution in [-0.2, 0) is 0 Å². The third kappa shape index (κ3) is 2.92. The molecule has 5 nitrogen and oxygen atoms in total. The number of aromatic nitrogens is 2. The summed E-state index contributed by atoms with van der Waals surface area (Å²) >= 11 is 0. The van der Waals surface area contributed by atoms with Crippen molar-refractivity contribution in [2.75, 3.05) is 7.11 Å². The van der Waals surface area contributed by atoms with Crippen molar-refractivity contribution in [2.24, 2.45) is 0 Å². The number of halogens is 1. The normalized spacial score (nSPS) is 14.2. The van der Waals surface area contributed by atoms with Gasteiger partial charge >= 0.3 is 5.97 Å². The number of methoxy groups -OCH3 is 1. The molecule has 0 spiro atoms. The second kappa shape index (κ2) is 6.16. The summed E-state index contributed by atoms with van der Waals surface area (Å²) in [7, 11) is 1.54. The van der Waals surface area contributed by atoms with Crippen LogP contribution in [0.4, 0.5) is 4.39 Å². The van der Waals surface area contributed by atoms with Gasteiger partial charge in [-0.1, -0.05) is 0 Å². The molecule has 0 bridgehead atoms. The van der Waals surface area contributed by atoms with Gasteiger partial charge < -0.3 is 9.84 Å². The summed E-state index contributed by atoms with van der Waals surface area (Å²) in [6, 6.07) is 4.38. The van der Waals surface area contributed by atoms with Gasteiger partial charge in [-0.2, -0.15) is 0 Å². The van der Waals surface area contributed by atoms with Gasteiger partial charge in [0.05, 0.1) is 25.2 Å². The quantitative estimate of drug-likeness (QED) is 0.936. The zero-order valence-electron chi connectivity index (χ0n) is 12.5. The molecular formula is C17H15FN2O3. The maximum absolute atomic E-state index is 13.7. The highest BCUT2D eigenvalue weighted by Crippen LogP contribution is 2.42. The predicted octanol–water partition coefficient (Wildman–Crippen LogP) is 3.42. The first-order valence-electron chi connectivity index (χ1n) is 7.22. The van der Waals surface area contributed by atoms with E-state index < -0.39 is 5.97 Å². The Morgan fingerprint density at radius 1 is 1.26 bits per heavy atom. The molecule has 1 aromatic heterocycles. The molecule has 6 heteroatoms. The molecular weight excluding hydrogens is 299 g/mol. The molecule has 118 valence electrons. The van der Waals surface area contributed by atoms with Crippen LogP contribution in [0.2, 0.25) is 0 Å². The standard InChI is InChI=1S/C17H15FN2O3/c1-23-16-6-5-10(18)7-13(16)11-3-2-4-12(11)14-8-19-9-15(20-14)17(21)22/h5-9H,2-4H2,1H3,(H,21,22). The fourth-order valence-corrected chi connectivity index (χ4v) is 2.85. The van der Waals surface area contributed by atoms with Crippen molar-refractivity contribution in [3.05, 3.63) is 53.4 Å². The van der Waals surface area contributed by atoms with Crippen molar-refractivity contribution in [1.29, 1.82) is 0 Å². The van der Waals surface area contributed by atoms with Gasteiger partial charge in [-0.3, -0.25) is 4.98 Å². The lowest BCUT2D eigenvalue weighted by Crippen LogP contribution is -2.04. The zero-order chi connectivity index (χ0) is 16.4. The molecule has 1 aromatic carbocycles. The number of aromatic carboxylic acids is 1. The molecule has 0 saturated carbocycles. The molecule has 1 heterocycles. The lowest BCUT2D eigenvalue weighted by atomic mass is 9.99. The van der Waals surface area contributed by atoms with E-state index in [0.29, 0.717) is 17.0 Å². The highest BCUT2D eigenvalue weighted by molar-refractivity contribution is 5.94. The minimum absolute atomic E-state index is 0.104. The number of carboxylic acid groups (broad SMARTS) is 1. The number of carboxylic acids is 1. The van der Waals surface area contributed by atoms with Crippen molar-refractivity contribution in [3.8, 4) is 5.75 Å². The van der Waals surface area contributed by atoms with Crippen LogP contribution in [0.1, 0.15) is 41.0 Å². The predicted molar refractivity (Wildman–Crippen MR) is 82.6 cm³/mol. The number of ether oxygens (including phenoxy) is 1. The minimum atomic E-state index is -1.12. The summed E-state index contributed by atoms with van der Waals surface area (Å²) in [6.45, 7) is 0. The Morgan fingerprint density at radius 3 is 2.78 bits per heavy atom. The van der Waals surface area contributed by atoms with Crippen LogP contribution in [0.15, 0.2) is 30.6 Å². The maximum atomic E-state index is 13.7. The van der Waals surface area contributed by atoms with E-state index in [9.17, 15) is 9.18 Å². The van der Waals surface area contributed by atoms with Gasteiger partial charge in [0.2, 0.25) is 0 Å². The molecule has 2 aromatic rings. The number of hydrogen-bond acceptors (Lipinski definition) is 4. The van der Waals surface area contributed by atoms with E-state index in [-0.39, 0.29) is 11.5 Å². The van der Waals surface area contributed by atoms with E-state index in [0.717, 1.165) is 30.4 Å². The highest BCUT2D eigenvalue weighted by Gasteiger charge is 2.22. The molecule has 0 fully saturated rings. The molecule has 0 amide bonds. The molecule has 1 aliphatic carbocycles. The van der Waals surface area contributed by atoms with Crippen molar-refractivity contribution in [2.45, 2.75) is 19.3 Å². The van der Waals surface area contributed by atoms with Crippen molar-refractivity contribution in [3.63, 3.8) is 0 Å². The summed E-state index contributed by atoms with van der Waals surface area (Å²) in [5.41, 5.74) is 2.92. The van der Waals surface area contributed by atoms with Gasteiger partial charge in [-0.15, -0.1) is 0 Å². The van der Waals surface area contributed by atoms with Gasteiger partial charge in [-0.25, -0.2) is 14.2 Å². The maximum Gasteiger partial charge on any atom is 0.356 e. The van der Waals surface area contributed by atoms with Crippen LogP contribution in [0.25, 0.3) is 11.1 Å². The van der Waals surface area contributed by atoms with E-state index in [2.05, 4.69) is 9.97 Å². The Labute approximate surface area is 132 Å². The van der Waals surface area contributed by atoms with Crippen LogP contribution >= 0.6 is 0 Å². The number of rotatable bonds is 4. The third-order valence-corrected chi connectivity index (χ3v) is 3.87. The van der Waals surface area contributed by atoms with E-state index in [1.165, 1.54) is 25.4 Å². The molecule has 3 rings (SSSR count). The number of benzene rings is 1. The first-order valence-corrected chi connectivity index (χ1v) is 7.22. The Hall–Kier alpha value is -2.76. The Balaban J connectivity index is 2.14. The Bertz CT molecular complexity index is 802. The molecule has 0 saturated heterocycles. The summed E-state index contributed by atoms with van der Waals surface area (Å²) in [4.78, 5) is 19.2. The van der Waals surface area contributed by atoms with Crippen molar-refractivity contribution >= 4 is 17.1 Å². The van der Waals surface area contributed by atoms with Crippen LogP contribution in [0.3, 0.4) is 0 Å². The highest BCUT2D eigenvalue weighted by atomic mass is 19.1. The lowest BCUT2D eigenvalue weighted by molar-refractivity contribution is 0.0690. The van der Waals surface area contributed by atoms with Crippen molar-refractivity contribution in [1.82, 2.24) is 9.97 Å². The number of allylic oxidation sites excluding steroid dienone is 2. The van der Waals surface area contributed by atoms with Crippen LogP contribution < -0.4 is 4.74 Å². The van der Waals surface area contributed by atoms with Crippen LogP contribution in [-0.4, -0.2) is 28.2 Å². The van der Waals surface area contributed by atoms with E-state index in [1.54, 1.807) is 12.3 Å². The van der Waals surface area contributed by atoms with Crippen LogP contribution in [0, 0.1) is 5.82 Å². The first kappa shape index (κ1) is 15.1. The average molecular weight is 314 g/mol. The summed E-state index contributed by atoms with van der Waals surface area (Å²) < 4.78 is 19.0. The number of carbonyl (C=O) groups is 1. The topological polar surface area (TPSA) is 72.3 Å². The molecule has 0 atom stereocenters. The van der Waals surface area contributed by atoms with Gasteiger partial charge in [-0.05, 0) is 48.6 Å². The summed E-state index contributed by atoms with van der Waals surface area (Å²) in [5.74, 6) is -0.879. The zero-order valence-corrected chi connectivity index (χ0v) is 12.5. The fraction of sp³-hybridized carbons (Fsp3) is 0.235. The summed E-state index contributed by atoms with van der Waals surface area (Å²) in [5, 5.41) is 9.07. The van der Waals surface area contributed by atoms with Crippen molar-refractivity contribution < 1.29 is 19.0 Å². The molecule has 1 N–H and O–H groups in total. The minimum Gasteiger partial charge on any atom is -0.496 e. The Morgan fingerprint density at radius 2 is 2.04 bits per heavy atom. The molecule has 0 radical (unpaired) electrons. The van der Waals surface area contributed by atoms with E-state index >= 15 is 0 Å². The monoisotopic (exact) mass is 314 g/mol. The fourth-order valence-electron chi connectivity index (χ4n) is 2.85. The third-order valence-electron chi connectivity index (χ3n) is 3.87. The summed E-state index contributed by atoms with van der Waals surface area (Å²) in [6.07, 6.45) is 5.15.